The van der Waals surface area contributed by atoms with Gasteiger partial charge in [0.1, 0.15) is 5.52 Å². The molecule has 0 spiro atoms. The molecule has 0 saturated carbocycles. The summed E-state index contributed by atoms with van der Waals surface area (Å²) in [4.78, 5) is 20.3. The van der Waals surface area contributed by atoms with Gasteiger partial charge >= 0.3 is 6.01 Å². The highest BCUT2D eigenvalue weighted by atomic mass is 16.4. The van der Waals surface area contributed by atoms with Crippen LogP contribution in [0.5, 0.6) is 0 Å². The number of oxazole rings is 1. The molecule has 3 aromatic rings. The molecular formula is C18H15N5O2. The quantitative estimate of drug-likeness (QED) is 0.490. The third-order valence-corrected chi connectivity index (χ3v) is 3.44. The number of para-hydroxylation sites is 2. The van der Waals surface area contributed by atoms with Crippen molar-refractivity contribution in [1.29, 1.82) is 5.41 Å². The van der Waals surface area contributed by atoms with Crippen LogP contribution in [-0.2, 0) is 4.79 Å². The first kappa shape index (κ1) is 16.1. The van der Waals surface area contributed by atoms with Crippen LogP contribution in [0.3, 0.4) is 0 Å². The minimum atomic E-state index is -0.394. The van der Waals surface area contributed by atoms with Crippen LogP contribution in [0.25, 0.3) is 22.7 Å². The van der Waals surface area contributed by atoms with Gasteiger partial charge in [0.15, 0.2) is 5.58 Å². The molecule has 7 heteroatoms. The third-order valence-electron chi connectivity index (χ3n) is 3.44. The van der Waals surface area contributed by atoms with Gasteiger partial charge in [-0.3, -0.25) is 15.1 Å². The molecule has 4 N–H and O–H groups in total. The SMILES string of the molecule is N=C/C(=C\N)c1ccncc1/C=C/C(=O)Nc1nc2ccccc2o1. The average Bonchev–Trinajstić information content (AvgIpc) is 3.04. The molecular weight excluding hydrogens is 318 g/mol. The fourth-order valence-corrected chi connectivity index (χ4v) is 2.26. The first-order valence-corrected chi connectivity index (χ1v) is 7.42. The van der Waals surface area contributed by atoms with E-state index in [1.165, 1.54) is 12.3 Å². The number of rotatable bonds is 5. The van der Waals surface area contributed by atoms with Gasteiger partial charge in [-0.1, -0.05) is 12.1 Å². The Labute approximate surface area is 143 Å². The number of pyridine rings is 1. The van der Waals surface area contributed by atoms with E-state index in [9.17, 15) is 4.79 Å². The molecule has 1 amide bonds. The molecule has 0 saturated heterocycles. The van der Waals surface area contributed by atoms with Gasteiger partial charge in [-0.15, -0.1) is 0 Å². The fraction of sp³-hybridized carbons (Fsp3) is 0. The molecule has 3 rings (SSSR count). The van der Waals surface area contributed by atoms with Crippen LogP contribution in [0.4, 0.5) is 6.01 Å². The maximum absolute atomic E-state index is 12.1. The van der Waals surface area contributed by atoms with E-state index in [4.69, 9.17) is 15.6 Å². The van der Waals surface area contributed by atoms with E-state index < -0.39 is 5.91 Å². The second-order valence-corrected chi connectivity index (χ2v) is 5.04. The Morgan fingerprint density at radius 2 is 2.12 bits per heavy atom. The minimum Gasteiger partial charge on any atom is -0.423 e. The Morgan fingerprint density at radius 1 is 1.28 bits per heavy atom. The molecule has 0 fully saturated rings. The van der Waals surface area contributed by atoms with Crippen molar-refractivity contribution in [3.8, 4) is 0 Å². The molecule has 124 valence electrons. The number of carbonyl (C=O) groups excluding carboxylic acids is 1. The van der Waals surface area contributed by atoms with Gasteiger partial charge in [0.25, 0.3) is 5.91 Å². The molecule has 7 nitrogen and oxygen atoms in total. The number of amides is 1. The summed E-state index contributed by atoms with van der Waals surface area (Å²) in [5.74, 6) is -0.394. The Hall–Kier alpha value is -3.74. The Bertz CT molecular complexity index is 955. The molecule has 0 aliphatic carbocycles. The highest BCUT2D eigenvalue weighted by Gasteiger charge is 2.08. The first-order valence-electron chi connectivity index (χ1n) is 7.42. The van der Waals surface area contributed by atoms with Crippen molar-refractivity contribution < 1.29 is 9.21 Å². The Kier molecular flexibility index (Phi) is 4.66. The van der Waals surface area contributed by atoms with Gasteiger partial charge in [-0.25, -0.2) is 0 Å². The smallest absolute Gasteiger partial charge is 0.302 e. The maximum Gasteiger partial charge on any atom is 0.302 e. The molecule has 1 aromatic carbocycles. The molecule has 25 heavy (non-hydrogen) atoms. The lowest BCUT2D eigenvalue weighted by Gasteiger charge is -2.04. The highest BCUT2D eigenvalue weighted by Crippen LogP contribution is 2.19. The van der Waals surface area contributed by atoms with Crippen LogP contribution in [0, 0.1) is 5.41 Å². The number of hydrogen-bond acceptors (Lipinski definition) is 6. The van der Waals surface area contributed by atoms with Crippen molar-refractivity contribution in [3.05, 3.63) is 66.1 Å². The molecule has 0 aliphatic rings. The number of allylic oxidation sites excluding steroid dienone is 1. The predicted octanol–water partition coefficient (Wildman–Crippen LogP) is 2.82. The summed E-state index contributed by atoms with van der Waals surface area (Å²) in [7, 11) is 0. The summed E-state index contributed by atoms with van der Waals surface area (Å²) in [6.45, 7) is 0. The second kappa shape index (κ2) is 7.22. The van der Waals surface area contributed by atoms with Crippen LogP contribution in [0.2, 0.25) is 0 Å². The summed E-state index contributed by atoms with van der Waals surface area (Å²) in [6, 6.07) is 9.09. The molecule has 0 atom stereocenters. The van der Waals surface area contributed by atoms with E-state index in [0.29, 0.717) is 27.8 Å². The van der Waals surface area contributed by atoms with Crippen LogP contribution < -0.4 is 11.1 Å². The average molecular weight is 333 g/mol. The van der Waals surface area contributed by atoms with E-state index in [2.05, 4.69) is 15.3 Å². The minimum absolute atomic E-state index is 0.129. The van der Waals surface area contributed by atoms with E-state index >= 15 is 0 Å². The van der Waals surface area contributed by atoms with Crippen molar-refractivity contribution in [2.24, 2.45) is 5.73 Å². The molecule has 2 heterocycles. The van der Waals surface area contributed by atoms with Crippen LogP contribution in [0.1, 0.15) is 11.1 Å². The van der Waals surface area contributed by atoms with Crippen molar-refractivity contribution in [3.63, 3.8) is 0 Å². The number of benzene rings is 1. The number of nitrogens with two attached hydrogens (primary N) is 1. The van der Waals surface area contributed by atoms with E-state index in [1.54, 1.807) is 36.7 Å². The van der Waals surface area contributed by atoms with Gasteiger partial charge in [-0.2, -0.15) is 4.98 Å². The van der Waals surface area contributed by atoms with Gasteiger partial charge < -0.3 is 15.6 Å². The Morgan fingerprint density at radius 3 is 2.88 bits per heavy atom. The lowest BCUT2D eigenvalue weighted by Crippen LogP contribution is -2.08. The number of anilines is 1. The van der Waals surface area contributed by atoms with E-state index in [-0.39, 0.29) is 6.01 Å². The van der Waals surface area contributed by atoms with E-state index in [0.717, 1.165) is 6.21 Å². The lowest BCUT2D eigenvalue weighted by molar-refractivity contribution is -0.112. The zero-order chi connectivity index (χ0) is 17.6. The van der Waals surface area contributed by atoms with Crippen molar-refractivity contribution >= 4 is 40.9 Å². The summed E-state index contributed by atoms with van der Waals surface area (Å²) in [5, 5.41) is 9.96. The molecule has 0 unspecified atom stereocenters. The van der Waals surface area contributed by atoms with Gasteiger partial charge in [0.05, 0.1) is 0 Å². The molecule has 2 aromatic heterocycles. The van der Waals surface area contributed by atoms with Crippen LogP contribution >= 0.6 is 0 Å². The van der Waals surface area contributed by atoms with Crippen molar-refractivity contribution in [2.45, 2.75) is 0 Å². The zero-order valence-electron chi connectivity index (χ0n) is 13.1. The topological polar surface area (TPSA) is 118 Å². The zero-order valence-corrected chi connectivity index (χ0v) is 13.1. The van der Waals surface area contributed by atoms with Crippen molar-refractivity contribution in [1.82, 2.24) is 9.97 Å². The first-order chi connectivity index (χ1) is 12.2. The summed E-state index contributed by atoms with van der Waals surface area (Å²) < 4.78 is 5.44. The molecule has 0 aliphatic heterocycles. The largest absolute Gasteiger partial charge is 0.423 e. The number of fused-ring (bicyclic) bond motifs is 1. The fourth-order valence-electron chi connectivity index (χ4n) is 2.26. The number of nitrogens with one attached hydrogen (secondary N) is 2. The van der Waals surface area contributed by atoms with Crippen molar-refractivity contribution in [2.75, 3.05) is 5.32 Å². The number of nitrogens with zero attached hydrogens (tertiary/aromatic N) is 2. The standard InChI is InChI=1S/C18H15N5O2/c19-9-13(10-20)14-7-8-21-11-12(14)5-6-17(24)23-18-22-15-3-1-2-4-16(15)25-18/h1-11,19H,20H2,(H,22,23,24)/b6-5+,13-10+,19-9?. The normalized spacial score (nSPS) is 11.8. The van der Waals surface area contributed by atoms with Gasteiger partial charge in [-0.05, 0) is 29.8 Å². The monoisotopic (exact) mass is 333 g/mol. The molecule has 0 radical (unpaired) electrons. The number of aromatic nitrogens is 2. The lowest BCUT2D eigenvalue weighted by atomic mass is 10.0. The summed E-state index contributed by atoms with van der Waals surface area (Å²) in [5.41, 5.74) is 8.68. The summed E-state index contributed by atoms with van der Waals surface area (Å²) >= 11 is 0. The van der Waals surface area contributed by atoms with Crippen LogP contribution in [0.15, 0.2) is 59.4 Å². The van der Waals surface area contributed by atoms with E-state index in [1.807, 2.05) is 12.1 Å². The van der Waals surface area contributed by atoms with Gasteiger partial charge in [0, 0.05) is 42.0 Å². The maximum atomic E-state index is 12.1. The number of hydrogen-bond donors (Lipinski definition) is 3. The number of carbonyl (C=O) groups is 1. The van der Waals surface area contributed by atoms with Gasteiger partial charge in [0.2, 0.25) is 0 Å². The third kappa shape index (κ3) is 3.61. The predicted molar refractivity (Wildman–Crippen MR) is 96.9 cm³/mol. The Balaban J connectivity index is 1.78. The summed E-state index contributed by atoms with van der Waals surface area (Å²) in [6.07, 6.45) is 8.59. The second-order valence-electron chi connectivity index (χ2n) is 5.04. The van der Waals surface area contributed by atoms with Crippen LogP contribution in [-0.4, -0.2) is 22.1 Å². The highest BCUT2D eigenvalue weighted by molar-refractivity contribution is 6.10. The molecule has 0 bridgehead atoms.